The Labute approximate surface area is 254 Å². The Kier molecular flexibility index (Phi) is 8.67. The molecule has 42 heavy (non-hydrogen) atoms. The van der Waals surface area contributed by atoms with Crippen molar-refractivity contribution in [3.63, 3.8) is 0 Å². The molecule has 3 aromatic carbocycles. The zero-order chi connectivity index (χ0) is 28.9. The summed E-state index contributed by atoms with van der Waals surface area (Å²) >= 11 is 3.04. The van der Waals surface area contributed by atoms with E-state index in [1.54, 1.807) is 11.8 Å². The summed E-state index contributed by atoms with van der Waals surface area (Å²) in [6.45, 7) is 5.09. The number of carbonyl (C=O) groups excluding carboxylic acids is 1. The number of anilines is 1. The van der Waals surface area contributed by atoms with Gasteiger partial charge in [0.25, 0.3) is 0 Å². The molecule has 1 amide bonds. The Morgan fingerprint density at radius 3 is 2.50 bits per heavy atom. The number of aromatic nitrogens is 4. The normalized spacial score (nSPS) is 16.0. The quantitative estimate of drug-likeness (QED) is 0.117. The van der Waals surface area contributed by atoms with Crippen LogP contribution in [0.2, 0.25) is 0 Å². The van der Waals surface area contributed by atoms with E-state index in [1.165, 1.54) is 16.9 Å². The molecule has 1 N–H and O–H groups in total. The first kappa shape index (κ1) is 28.2. The van der Waals surface area contributed by atoms with Crippen molar-refractivity contribution in [2.75, 3.05) is 11.9 Å². The summed E-state index contributed by atoms with van der Waals surface area (Å²) in [6.07, 6.45) is 3.85. The van der Waals surface area contributed by atoms with Crippen molar-refractivity contribution in [1.82, 2.24) is 20.0 Å². The van der Waals surface area contributed by atoms with Crippen molar-refractivity contribution < 1.29 is 9.53 Å². The molecule has 0 aliphatic heterocycles. The molecule has 0 spiro atoms. The highest BCUT2D eigenvalue weighted by molar-refractivity contribution is 8.00. The molecule has 6 rings (SSSR count). The second kappa shape index (κ2) is 12.9. The Hall–Kier alpha value is -3.95. The lowest BCUT2D eigenvalue weighted by molar-refractivity contribution is -0.117. The summed E-state index contributed by atoms with van der Waals surface area (Å²) in [5, 5.41) is 17.0. The number of ether oxygens (including phenoxy) is 1. The summed E-state index contributed by atoms with van der Waals surface area (Å²) in [6, 6.07) is 28.4. The molecule has 1 aliphatic rings. The largest absolute Gasteiger partial charge is 0.494 e. The lowest BCUT2D eigenvalue weighted by Crippen LogP contribution is -2.14. The van der Waals surface area contributed by atoms with E-state index in [-0.39, 0.29) is 17.7 Å². The fourth-order valence-electron chi connectivity index (χ4n) is 4.78. The number of para-hydroxylation sites is 1. The van der Waals surface area contributed by atoms with E-state index in [9.17, 15) is 4.79 Å². The van der Waals surface area contributed by atoms with Gasteiger partial charge in [0.2, 0.25) is 11.0 Å². The molecule has 9 heteroatoms. The van der Waals surface area contributed by atoms with Gasteiger partial charge in [-0.1, -0.05) is 85.5 Å². The maximum absolute atomic E-state index is 13.2. The van der Waals surface area contributed by atoms with Gasteiger partial charge in [0.05, 0.1) is 18.0 Å². The van der Waals surface area contributed by atoms with Crippen LogP contribution in [0.4, 0.5) is 5.13 Å². The number of thioether (sulfide) groups is 1. The van der Waals surface area contributed by atoms with Gasteiger partial charge in [-0.3, -0.25) is 4.79 Å². The summed E-state index contributed by atoms with van der Waals surface area (Å²) in [5.74, 6) is 2.19. The fourth-order valence-corrected chi connectivity index (χ4v) is 6.49. The third-order valence-electron chi connectivity index (χ3n) is 7.22. The predicted octanol–water partition coefficient (Wildman–Crippen LogP) is 7.85. The second-order valence-electron chi connectivity index (χ2n) is 10.9. The maximum atomic E-state index is 13.2. The summed E-state index contributed by atoms with van der Waals surface area (Å²) in [4.78, 5) is 13.2. The zero-order valence-electron chi connectivity index (χ0n) is 23.6. The molecule has 2 unspecified atom stereocenters. The van der Waals surface area contributed by atoms with Crippen LogP contribution >= 0.6 is 23.1 Å². The highest BCUT2D eigenvalue weighted by Crippen LogP contribution is 2.51. The number of hydrogen-bond acceptors (Lipinski definition) is 7. The van der Waals surface area contributed by atoms with Crippen LogP contribution in [-0.4, -0.2) is 32.5 Å². The van der Waals surface area contributed by atoms with Crippen LogP contribution in [0.5, 0.6) is 5.75 Å². The van der Waals surface area contributed by atoms with Crippen LogP contribution in [0, 0.1) is 11.8 Å². The van der Waals surface area contributed by atoms with Crippen molar-refractivity contribution in [2.45, 2.75) is 42.7 Å². The minimum absolute atomic E-state index is 0.0249. The Balaban J connectivity index is 1.15. The lowest BCUT2D eigenvalue weighted by atomic mass is 10.0. The van der Waals surface area contributed by atoms with Gasteiger partial charge in [-0.2, -0.15) is 5.10 Å². The molecular formula is C33H33N5O2S2. The van der Waals surface area contributed by atoms with E-state index in [4.69, 9.17) is 9.84 Å². The van der Waals surface area contributed by atoms with Gasteiger partial charge in [-0.25, -0.2) is 4.68 Å². The third kappa shape index (κ3) is 6.91. The highest BCUT2D eigenvalue weighted by Gasteiger charge is 2.46. The maximum Gasteiger partial charge on any atom is 0.229 e. The zero-order valence-corrected chi connectivity index (χ0v) is 25.3. The number of rotatable bonds is 12. The smallest absolute Gasteiger partial charge is 0.229 e. The van der Waals surface area contributed by atoms with Gasteiger partial charge in [-0.15, -0.1) is 10.2 Å². The molecule has 2 atom stereocenters. The average molecular weight is 596 g/mol. The van der Waals surface area contributed by atoms with Crippen molar-refractivity contribution in [2.24, 2.45) is 11.8 Å². The first-order chi connectivity index (χ1) is 20.5. The predicted molar refractivity (Wildman–Crippen MR) is 169 cm³/mol. The molecule has 0 bridgehead atoms. The third-order valence-corrected chi connectivity index (χ3v) is 9.27. The topological polar surface area (TPSA) is 81.9 Å². The number of benzene rings is 3. The van der Waals surface area contributed by atoms with Gasteiger partial charge in [0.15, 0.2) is 4.34 Å². The van der Waals surface area contributed by atoms with Crippen LogP contribution in [0.3, 0.4) is 0 Å². The van der Waals surface area contributed by atoms with E-state index in [1.807, 2.05) is 65.3 Å². The Morgan fingerprint density at radius 2 is 1.76 bits per heavy atom. The van der Waals surface area contributed by atoms with E-state index < -0.39 is 0 Å². The van der Waals surface area contributed by atoms with Gasteiger partial charge < -0.3 is 10.1 Å². The molecule has 1 aliphatic carbocycles. The van der Waals surface area contributed by atoms with Crippen LogP contribution in [0.25, 0.3) is 16.9 Å². The molecule has 1 fully saturated rings. The first-order valence-electron chi connectivity index (χ1n) is 14.2. The monoisotopic (exact) mass is 595 g/mol. The van der Waals surface area contributed by atoms with Crippen molar-refractivity contribution in [3.05, 3.63) is 102 Å². The van der Waals surface area contributed by atoms with Crippen molar-refractivity contribution in [3.8, 4) is 22.7 Å². The summed E-state index contributed by atoms with van der Waals surface area (Å²) in [7, 11) is 0. The summed E-state index contributed by atoms with van der Waals surface area (Å²) < 4.78 is 8.67. The van der Waals surface area contributed by atoms with Crippen LogP contribution < -0.4 is 10.1 Å². The van der Waals surface area contributed by atoms with Crippen LogP contribution in [0.1, 0.15) is 43.7 Å². The van der Waals surface area contributed by atoms with E-state index in [2.05, 4.69) is 59.8 Å². The Bertz CT molecular complexity index is 1620. The lowest BCUT2D eigenvalue weighted by Gasteiger charge is -2.09. The molecule has 7 nitrogen and oxygen atoms in total. The van der Waals surface area contributed by atoms with Crippen LogP contribution in [0.15, 0.2) is 95.5 Å². The molecule has 214 valence electrons. The van der Waals surface area contributed by atoms with Crippen LogP contribution in [-0.2, 0) is 10.5 Å². The molecule has 5 aromatic rings. The van der Waals surface area contributed by atoms with Gasteiger partial charge in [0, 0.05) is 34.9 Å². The SMILES string of the molecule is CC(C)CCOc1ccc(-c2nn(-c3ccccc3)cc2C2CC2C(=O)Nc2nnc(SCc3ccccc3)s2)cc1. The second-order valence-corrected chi connectivity index (χ2v) is 13.1. The minimum Gasteiger partial charge on any atom is -0.494 e. The van der Waals surface area contributed by atoms with E-state index >= 15 is 0 Å². The number of carbonyl (C=O) groups is 1. The molecule has 0 saturated heterocycles. The first-order valence-corrected chi connectivity index (χ1v) is 16.0. The molecule has 2 aromatic heterocycles. The number of hydrogen-bond donors (Lipinski definition) is 1. The van der Waals surface area contributed by atoms with Crippen molar-refractivity contribution in [1.29, 1.82) is 0 Å². The molecule has 1 saturated carbocycles. The summed E-state index contributed by atoms with van der Waals surface area (Å²) in [5.41, 5.74) is 5.18. The van der Waals surface area contributed by atoms with Gasteiger partial charge in [-0.05, 0) is 60.7 Å². The number of amides is 1. The molecule has 0 radical (unpaired) electrons. The minimum atomic E-state index is -0.139. The van der Waals surface area contributed by atoms with E-state index in [0.717, 1.165) is 51.2 Å². The fraction of sp³-hybridized carbons (Fsp3) is 0.273. The standard InChI is InChI=1S/C33H33N5O2S2/c1-22(2)17-18-40-26-15-13-24(14-16-26)30-29(20-38(37-30)25-11-7-4-8-12-25)27-19-28(27)31(39)34-32-35-36-33(42-32)41-21-23-9-5-3-6-10-23/h3-16,20,22,27-28H,17-19,21H2,1-2H3,(H,34,35,39). The van der Waals surface area contributed by atoms with Crippen molar-refractivity contribution >= 4 is 34.1 Å². The van der Waals surface area contributed by atoms with Gasteiger partial charge in [0.1, 0.15) is 5.75 Å². The number of nitrogens with one attached hydrogen (secondary N) is 1. The Morgan fingerprint density at radius 1 is 1.02 bits per heavy atom. The number of nitrogens with zero attached hydrogens (tertiary/aromatic N) is 4. The average Bonchev–Trinajstić information content (AvgIpc) is 3.48. The highest BCUT2D eigenvalue weighted by atomic mass is 32.2. The van der Waals surface area contributed by atoms with Gasteiger partial charge >= 0.3 is 0 Å². The van der Waals surface area contributed by atoms with E-state index in [0.29, 0.717) is 17.7 Å². The molecule has 2 heterocycles. The molecular weight excluding hydrogens is 563 g/mol.